The molecular weight excluding hydrogens is 708 g/mol. The van der Waals surface area contributed by atoms with E-state index < -0.39 is 30.8 Å². The predicted molar refractivity (Wildman–Crippen MR) is 165 cm³/mol. The highest BCUT2D eigenvalue weighted by molar-refractivity contribution is 9.12. The van der Waals surface area contributed by atoms with Gasteiger partial charge in [0.1, 0.15) is 15.7 Å². The topological polar surface area (TPSA) is 227 Å². The Hall–Kier alpha value is -3.04. The minimum Gasteiger partial charge on any atom is -0.508 e. The van der Waals surface area contributed by atoms with E-state index in [1.807, 2.05) is 0 Å². The summed E-state index contributed by atoms with van der Waals surface area (Å²) < 4.78 is 15.0. The summed E-state index contributed by atoms with van der Waals surface area (Å²) in [5, 5.41) is 33.2. The lowest BCUT2D eigenvalue weighted by molar-refractivity contribution is -0.122. The first-order chi connectivity index (χ1) is 20.9. The lowest BCUT2D eigenvalue weighted by Crippen LogP contribution is -2.30. The average molecular weight is 728 g/mol. The molecule has 7 rings (SSSR count). The van der Waals surface area contributed by atoms with Crippen LogP contribution in [0.4, 0.5) is 14.4 Å². The smallest absolute Gasteiger partial charge is 0.491 e. The van der Waals surface area contributed by atoms with Gasteiger partial charge in [0.25, 0.3) is 27.5 Å². The van der Waals surface area contributed by atoms with E-state index in [1.165, 1.54) is 6.07 Å². The summed E-state index contributed by atoms with van der Waals surface area (Å²) >= 11 is 5.71. The number of carbonyl (C=O) groups excluding carboxylic acids is 6. The highest BCUT2D eigenvalue weighted by Gasteiger charge is 2.34. The first-order valence-electron chi connectivity index (χ1n) is 12.2. The summed E-state index contributed by atoms with van der Waals surface area (Å²) in [6.07, 6.45) is 0. The SMILES string of the molecule is O=C1CSC(=O)N1.O=C1NC(=O)C(Br)S1.O=C1NC(=O)C(Oc2ccc3c(c2)B(O)OC3)S1.OB1OCc2ccc(O)cc21. The molecule has 0 spiro atoms. The highest BCUT2D eigenvalue weighted by Crippen LogP contribution is 2.25. The Morgan fingerprint density at radius 2 is 1.39 bits per heavy atom. The van der Waals surface area contributed by atoms with Crippen molar-refractivity contribution in [1.29, 1.82) is 0 Å². The van der Waals surface area contributed by atoms with Crippen molar-refractivity contribution in [2.45, 2.75) is 22.8 Å². The first-order valence-corrected chi connectivity index (χ1v) is 15.9. The maximum atomic E-state index is 11.3. The Bertz CT molecular complexity index is 1490. The molecule has 2 unspecified atom stereocenters. The van der Waals surface area contributed by atoms with E-state index >= 15 is 0 Å². The minimum atomic E-state index is -0.963. The molecule has 6 N–H and O–H groups in total. The number of hydrogen-bond donors (Lipinski definition) is 6. The van der Waals surface area contributed by atoms with Crippen molar-refractivity contribution >= 4 is 110 Å². The summed E-state index contributed by atoms with van der Waals surface area (Å²) in [4.78, 5) is 63.2. The Labute approximate surface area is 270 Å². The van der Waals surface area contributed by atoms with Crippen LogP contribution in [0.5, 0.6) is 11.5 Å². The second kappa shape index (κ2) is 15.3. The number of rotatable bonds is 2. The molecule has 0 saturated carbocycles. The molecule has 3 saturated heterocycles. The Morgan fingerprint density at radius 1 is 0.795 bits per heavy atom. The van der Waals surface area contributed by atoms with Gasteiger partial charge in [-0.3, -0.25) is 44.7 Å². The van der Waals surface area contributed by atoms with Crippen molar-refractivity contribution in [1.82, 2.24) is 16.0 Å². The fourth-order valence-corrected chi connectivity index (χ4v) is 6.00. The highest BCUT2D eigenvalue weighted by atomic mass is 79.9. The third-order valence-electron chi connectivity index (χ3n) is 5.69. The van der Waals surface area contributed by atoms with E-state index in [9.17, 15) is 38.8 Å². The number of hydrogen-bond acceptors (Lipinski definition) is 15. The van der Waals surface area contributed by atoms with Crippen LogP contribution in [0.2, 0.25) is 0 Å². The molecule has 230 valence electrons. The number of ether oxygens (including phenoxy) is 1. The molecular formula is C23H20B2BrN3O12S3. The number of halogens is 1. The predicted octanol–water partition coefficient (Wildman–Crippen LogP) is -0.138. The molecule has 44 heavy (non-hydrogen) atoms. The molecule has 15 nitrogen and oxygen atoms in total. The van der Waals surface area contributed by atoms with Gasteiger partial charge in [0.05, 0.1) is 19.0 Å². The number of aromatic hydroxyl groups is 1. The van der Waals surface area contributed by atoms with Crippen LogP contribution in [0.15, 0.2) is 36.4 Å². The normalized spacial score (nSPS) is 21.2. The number of phenols is 1. The minimum absolute atomic E-state index is 0.160. The summed E-state index contributed by atoms with van der Waals surface area (Å²) in [6.45, 7) is 0.782. The van der Waals surface area contributed by atoms with E-state index in [0.29, 0.717) is 35.6 Å². The molecule has 6 amide bonds. The summed E-state index contributed by atoms with van der Waals surface area (Å²) in [6, 6.07) is 9.91. The van der Waals surface area contributed by atoms with Gasteiger partial charge in [-0.15, -0.1) is 0 Å². The Kier molecular flexibility index (Phi) is 11.8. The quantitative estimate of drug-likeness (QED) is 0.175. The number of phenolic OH excluding ortho intramolecular Hbond substituents is 1. The van der Waals surface area contributed by atoms with Gasteiger partial charge in [0.15, 0.2) is 0 Å². The first kappa shape index (κ1) is 33.8. The van der Waals surface area contributed by atoms with Crippen molar-refractivity contribution in [3.05, 3.63) is 47.5 Å². The number of thioether (sulfide) groups is 3. The van der Waals surface area contributed by atoms with Crippen LogP contribution in [-0.2, 0) is 36.9 Å². The molecule has 5 aliphatic rings. The van der Waals surface area contributed by atoms with Crippen LogP contribution in [0, 0.1) is 0 Å². The van der Waals surface area contributed by atoms with Crippen molar-refractivity contribution in [3.8, 4) is 11.5 Å². The zero-order valence-corrected chi connectivity index (χ0v) is 26.0. The summed E-state index contributed by atoms with van der Waals surface area (Å²) in [5.41, 5.74) is 2.24. The van der Waals surface area contributed by atoms with Crippen LogP contribution in [0.1, 0.15) is 11.1 Å². The molecule has 2 atom stereocenters. The van der Waals surface area contributed by atoms with Gasteiger partial charge in [-0.25, -0.2) is 0 Å². The molecule has 5 aliphatic heterocycles. The van der Waals surface area contributed by atoms with E-state index in [-0.39, 0.29) is 32.2 Å². The van der Waals surface area contributed by atoms with Gasteiger partial charge < -0.3 is 29.2 Å². The number of alkyl halides is 1. The summed E-state index contributed by atoms with van der Waals surface area (Å²) in [5.74, 6) is -0.0509. The molecule has 0 radical (unpaired) electrons. The van der Waals surface area contributed by atoms with E-state index in [0.717, 1.165) is 46.4 Å². The van der Waals surface area contributed by atoms with Gasteiger partial charge in [-0.05, 0) is 69.8 Å². The van der Waals surface area contributed by atoms with Crippen molar-refractivity contribution in [3.63, 3.8) is 0 Å². The number of nitrogens with one attached hydrogen (secondary N) is 3. The second-order valence-corrected chi connectivity index (χ2v) is 13.3. The summed E-state index contributed by atoms with van der Waals surface area (Å²) in [7, 11) is -1.83. The maximum Gasteiger partial charge on any atom is 0.491 e. The molecule has 3 fully saturated rings. The van der Waals surface area contributed by atoms with E-state index in [4.69, 9.17) is 19.2 Å². The Balaban J connectivity index is 0.000000145. The lowest BCUT2D eigenvalue weighted by atomic mass is 9.79. The second-order valence-electron chi connectivity index (χ2n) is 8.75. The monoisotopic (exact) mass is 727 g/mol. The van der Waals surface area contributed by atoms with Crippen molar-refractivity contribution in [2.24, 2.45) is 0 Å². The Morgan fingerprint density at radius 3 is 1.84 bits per heavy atom. The lowest BCUT2D eigenvalue weighted by Gasteiger charge is -2.10. The van der Waals surface area contributed by atoms with Crippen molar-refractivity contribution < 1.29 is 58.0 Å². The zero-order valence-electron chi connectivity index (χ0n) is 22.0. The standard InChI is InChI=1S/C10H8BNO5S.C7H7BO3.C3H2BrNO2S.C3H3NO2S/c13-8-9(18-10(14)12-8)17-6-2-1-5-4-16-11(15)7(5)3-6;9-6-2-1-5-4-11-8(10)7(5)3-6;4-1-2(6)5-3(7)8-1;5-2-1-7-3(6)4-2/h1-3,9,15H,4H2,(H,12,13,14);1-3,9-10H,4H2;1H,(H,5,6,7);1H2,(H,4,5,6). The molecule has 2 aromatic rings. The third kappa shape index (κ3) is 9.24. The van der Waals surface area contributed by atoms with Crippen LogP contribution >= 0.6 is 51.2 Å². The van der Waals surface area contributed by atoms with Crippen molar-refractivity contribution in [2.75, 3.05) is 5.75 Å². The number of amides is 6. The molecule has 0 aromatic heterocycles. The fourth-order valence-electron chi connectivity index (χ4n) is 3.66. The molecule has 0 aliphatic carbocycles. The van der Waals surface area contributed by atoms with E-state index in [1.54, 1.807) is 30.3 Å². The van der Waals surface area contributed by atoms with Crippen LogP contribution in [0.3, 0.4) is 0 Å². The number of benzene rings is 2. The van der Waals surface area contributed by atoms with Gasteiger partial charge >= 0.3 is 14.2 Å². The molecule has 2 aromatic carbocycles. The number of carbonyl (C=O) groups is 6. The van der Waals surface area contributed by atoms with Crippen LogP contribution in [0.25, 0.3) is 0 Å². The van der Waals surface area contributed by atoms with Crippen LogP contribution in [-0.4, -0.2) is 78.2 Å². The van der Waals surface area contributed by atoms with Gasteiger partial charge in [0, 0.05) is 0 Å². The van der Waals surface area contributed by atoms with Crippen LogP contribution < -0.4 is 31.6 Å². The number of imide groups is 3. The number of fused-ring (bicyclic) bond motifs is 2. The van der Waals surface area contributed by atoms with Gasteiger partial charge in [-0.1, -0.05) is 39.8 Å². The third-order valence-corrected chi connectivity index (χ3v) is 9.01. The molecule has 0 bridgehead atoms. The molecule has 5 heterocycles. The van der Waals surface area contributed by atoms with Gasteiger partial charge in [0.2, 0.25) is 11.3 Å². The maximum absolute atomic E-state index is 11.3. The molecule has 21 heteroatoms. The van der Waals surface area contributed by atoms with E-state index in [2.05, 4.69) is 31.9 Å². The van der Waals surface area contributed by atoms with Gasteiger partial charge in [-0.2, -0.15) is 0 Å². The zero-order chi connectivity index (χ0) is 32.0. The fraction of sp³-hybridized carbons (Fsp3) is 0.217. The largest absolute Gasteiger partial charge is 0.508 e. The average Bonchev–Trinajstić information content (AvgIpc) is 3.77.